The third-order valence-electron chi connectivity index (χ3n) is 6.13. The third-order valence-corrected chi connectivity index (χ3v) is 6.58. The molecule has 0 radical (unpaired) electrons. The molecule has 2 N–H and O–H groups in total. The minimum atomic E-state index is -0.872. The number of rotatable bonds is 3. The first kappa shape index (κ1) is 22.8. The van der Waals surface area contributed by atoms with Gasteiger partial charge in [0.2, 0.25) is 0 Å². The van der Waals surface area contributed by atoms with Crippen molar-refractivity contribution in [2.45, 2.75) is 19.4 Å². The lowest BCUT2D eigenvalue weighted by atomic mass is 10.0. The van der Waals surface area contributed by atoms with Crippen LogP contribution in [0.3, 0.4) is 0 Å². The van der Waals surface area contributed by atoms with Crippen LogP contribution in [0.15, 0.2) is 42.6 Å². The van der Waals surface area contributed by atoms with Gasteiger partial charge < -0.3 is 10.6 Å². The Morgan fingerprint density at radius 2 is 1.82 bits per heavy atom. The molecule has 2 aliphatic rings. The van der Waals surface area contributed by atoms with Crippen molar-refractivity contribution >= 4 is 52.1 Å². The first-order chi connectivity index (χ1) is 16.3. The number of nitrogens with zero attached hydrogens (tertiary/aromatic N) is 4. The van der Waals surface area contributed by atoms with Crippen molar-refractivity contribution in [1.29, 1.82) is 0 Å². The fourth-order valence-electron chi connectivity index (χ4n) is 4.55. The Morgan fingerprint density at radius 1 is 1.09 bits per heavy atom. The van der Waals surface area contributed by atoms with Crippen LogP contribution in [-0.2, 0) is 0 Å². The van der Waals surface area contributed by atoms with Crippen LogP contribution in [0, 0.1) is 11.6 Å². The van der Waals surface area contributed by atoms with Gasteiger partial charge in [0.05, 0.1) is 10.7 Å². The second-order valence-electron chi connectivity index (χ2n) is 8.30. The molecule has 1 fully saturated rings. The molecule has 1 saturated heterocycles. The number of fused-ring (bicyclic) bond motifs is 3. The van der Waals surface area contributed by atoms with Crippen LogP contribution in [0.4, 0.5) is 36.5 Å². The van der Waals surface area contributed by atoms with Crippen molar-refractivity contribution < 1.29 is 13.6 Å². The number of nitrogens with two attached hydrogens (primary N) is 1. The fraction of sp³-hybridized carbons (Fsp3) is 0.250. The molecule has 0 aliphatic carbocycles. The Bertz CT molecular complexity index is 1280. The van der Waals surface area contributed by atoms with Crippen LogP contribution in [0.5, 0.6) is 0 Å². The summed E-state index contributed by atoms with van der Waals surface area (Å²) < 4.78 is 31.2. The first-order valence-corrected chi connectivity index (χ1v) is 11.6. The van der Waals surface area contributed by atoms with Crippen LogP contribution in [0.25, 0.3) is 11.1 Å². The highest BCUT2D eigenvalue weighted by Gasteiger charge is 2.36. The smallest absolute Gasteiger partial charge is 0.334 e. The van der Waals surface area contributed by atoms with E-state index in [2.05, 4.69) is 4.98 Å². The molecular formula is C24H21Cl2F2N5O. The van der Waals surface area contributed by atoms with E-state index < -0.39 is 23.4 Å². The minimum absolute atomic E-state index is 0.0528. The molecule has 176 valence electrons. The SMILES string of the molecule is CCN1C(=O)N(c2c(F)cc(N3CC[C@@H](N)C3)cc2F)c2cc(Cl)ccc2-c2cc(Cl)cnc21. The average molecular weight is 504 g/mol. The molecule has 0 saturated carbocycles. The predicted octanol–water partition coefficient (Wildman–Crippen LogP) is 5.97. The van der Waals surface area contributed by atoms with Crippen LogP contribution < -0.4 is 20.4 Å². The van der Waals surface area contributed by atoms with E-state index in [0.717, 1.165) is 11.3 Å². The maximum absolute atomic E-state index is 15.6. The molecule has 1 aromatic heterocycles. The molecular weight excluding hydrogens is 483 g/mol. The van der Waals surface area contributed by atoms with Gasteiger partial charge in [0.25, 0.3) is 0 Å². The van der Waals surface area contributed by atoms with E-state index in [1.54, 1.807) is 25.1 Å². The van der Waals surface area contributed by atoms with Crippen molar-refractivity contribution in [1.82, 2.24) is 4.98 Å². The normalized spacial score (nSPS) is 17.6. The Labute approximate surface area is 205 Å². The van der Waals surface area contributed by atoms with Gasteiger partial charge in [-0.25, -0.2) is 18.6 Å². The van der Waals surface area contributed by atoms with E-state index in [-0.39, 0.29) is 18.3 Å². The molecule has 3 aromatic rings. The van der Waals surface area contributed by atoms with Gasteiger partial charge in [0.15, 0.2) is 11.6 Å². The Morgan fingerprint density at radius 3 is 2.47 bits per heavy atom. The van der Waals surface area contributed by atoms with E-state index >= 15 is 8.78 Å². The summed E-state index contributed by atoms with van der Waals surface area (Å²) in [6, 6.07) is 8.25. The van der Waals surface area contributed by atoms with Crippen molar-refractivity contribution in [3.05, 3.63) is 64.3 Å². The number of amides is 2. The number of benzene rings is 2. The number of pyridine rings is 1. The van der Waals surface area contributed by atoms with Gasteiger partial charge in [0.1, 0.15) is 11.5 Å². The van der Waals surface area contributed by atoms with Crippen LogP contribution >= 0.6 is 23.2 Å². The molecule has 2 amide bonds. The van der Waals surface area contributed by atoms with Gasteiger partial charge in [-0.05, 0) is 43.7 Å². The molecule has 3 heterocycles. The summed E-state index contributed by atoms with van der Waals surface area (Å²) in [4.78, 5) is 22.3. The number of aromatic nitrogens is 1. The Kier molecular flexibility index (Phi) is 5.83. The molecule has 2 aromatic carbocycles. The second-order valence-corrected chi connectivity index (χ2v) is 9.17. The molecule has 1 atom stereocenters. The van der Waals surface area contributed by atoms with Crippen molar-refractivity contribution in [2.75, 3.05) is 34.3 Å². The van der Waals surface area contributed by atoms with Gasteiger partial charge in [-0.2, -0.15) is 0 Å². The maximum atomic E-state index is 15.6. The van der Waals surface area contributed by atoms with Crippen molar-refractivity contribution in [3.8, 4) is 11.1 Å². The molecule has 10 heteroatoms. The van der Waals surface area contributed by atoms with Crippen LogP contribution in [0.1, 0.15) is 13.3 Å². The fourth-order valence-corrected chi connectivity index (χ4v) is 4.87. The summed E-state index contributed by atoms with van der Waals surface area (Å²) in [5.74, 6) is -1.41. The number of hydrogen-bond donors (Lipinski definition) is 1. The number of halogens is 4. The summed E-state index contributed by atoms with van der Waals surface area (Å²) in [6.07, 6.45) is 2.17. The summed E-state index contributed by atoms with van der Waals surface area (Å²) in [5.41, 5.74) is 7.15. The van der Waals surface area contributed by atoms with E-state index in [9.17, 15) is 4.79 Å². The lowest BCUT2D eigenvalue weighted by Crippen LogP contribution is -2.41. The Hall–Kier alpha value is -2.94. The van der Waals surface area contributed by atoms with Crippen molar-refractivity contribution in [3.63, 3.8) is 0 Å². The topological polar surface area (TPSA) is 65.7 Å². The molecule has 0 spiro atoms. The highest BCUT2D eigenvalue weighted by molar-refractivity contribution is 6.32. The Balaban J connectivity index is 1.72. The van der Waals surface area contributed by atoms with E-state index in [0.29, 0.717) is 45.8 Å². The zero-order valence-corrected chi connectivity index (χ0v) is 19.7. The van der Waals surface area contributed by atoms with Gasteiger partial charge in [-0.1, -0.05) is 29.3 Å². The van der Waals surface area contributed by atoms with Gasteiger partial charge >= 0.3 is 6.03 Å². The first-order valence-electron chi connectivity index (χ1n) is 10.8. The third kappa shape index (κ3) is 3.76. The second kappa shape index (κ2) is 8.69. The quantitative estimate of drug-likeness (QED) is 0.478. The number of carbonyl (C=O) groups is 1. The largest absolute Gasteiger partial charge is 0.370 e. The summed E-state index contributed by atoms with van der Waals surface area (Å²) in [6.45, 7) is 3.08. The molecule has 34 heavy (non-hydrogen) atoms. The lowest BCUT2D eigenvalue weighted by Gasteiger charge is -2.29. The number of anilines is 4. The van der Waals surface area contributed by atoms with Crippen LogP contribution in [-0.4, -0.2) is 36.7 Å². The highest BCUT2D eigenvalue weighted by Crippen LogP contribution is 2.46. The molecule has 5 rings (SSSR count). The monoisotopic (exact) mass is 503 g/mol. The summed E-state index contributed by atoms with van der Waals surface area (Å²) >= 11 is 12.5. The highest BCUT2D eigenvalue weighted by atomic mass is 35.5. The van der Waals surface area contributed by atoms with Gasteiger partial charge in [-0.15, -0.1) is 0 Å². The summed E-state index contributed by atoms with van der Waals surface area (Å²) in [5, 5.41) is 0.670. The molecule has 0 bridgehead atoms. The van der Waals surface area contributed by atoms with Gasteiger partial charge in [0, 0.05) is 53.7 Å². The summed E-state index contributed by atoms with van der Waals surface area (Å²) in [7, 11) is 0. The van der Waals surface area contributed by atoms with Crippen molar-refractivity contribution in [2.24, 2.45) is 5.73 Å². The van der Waals surface area contributed by atoms with E-state index in [1.807, 2.05) is 4.90 Å². The number of urea groups is 1. The zero-order chi connectivity index (χ0) is 24.1. The predicted molar refractivity (Wildman–Crippen MR) is 131 cm³/mol. The minimum Gasteiger partial charge on any atom is -0.370 e. The standard InChI is InChI=1S/C24H21Cl2F2N5O/c1-2-32-23-18(7-14(26)11-30-23)17-4-3-13(25)8-21(17)33(24(32)34)22-19(27)9-16(10-20(22)28)31-6-5-15(29)12-31/h3-4,7-11,15H,2,5-6,12,29H2,1H3/t15-/m1/s1. The maximum Gasteiger partial charge on any atom is 0.334 e. The van der Waals surface area contributed by atoms with E-state index in [1.165, 1.54) is 29.3 Å². The zero-order valence-electron chi connectivity index (χ0n) is 18.2. The number of carbonyl (C=O) groups excluding carboxylic acids is 1. The molecule has 6 nitrogen and oxygen atoms in total. The molecule has 2 aliphatic heterocycles. The average Bonchev–Trinajstić information content (AvgIpc) is 3.20. The lowest BCUT2D eigenvalue weighted by molar-refractivity contribution is 0.253. The van der Waals surface area contributed by atoms with Crippen LogP contribution in [0.2, 0.25) is 10.0 Å². The molecule has 0 unspecified atom stereocenters. The number of hydrogen-bond acceptors (Lipinski definition) is 4. The van der Waals surface area contributed by atoms with E-state index in [4.69, 9.17) is 28.9 Å². The van der Waals surface area contributed by atoms with Gasteiger partial charge in [-0.3, -0.25) is 9.80 Å².